The average Bonchev–Trinajstić information content (AvgIpc) is 2.60. The molecule has 0 atom stereocenters. The van der Waals surface area contributed by atoms with Crippen molar-refractivity contribution in [2.45, 2.75) is 127 Å². The molecule has 2 fully saturated rings. The summed E-state index contributed by atoms with van der Waals surface area (Å²) < 4.78 is 0. The van der Waals surface area contributed by atoms with Gasteiger partial charge in [0.2, 0.25) is 0 Å². The van der Waals surface area contributed by atoms with Gasteiger partial charge in [-0.3, -0.25) is 0 Å². The van der Waals surface area contributed by atoms with Crippen LogP contribution in [0.1, 0.15) is 116 Å². The Morgan fingerprint density at radius 3 is 1.58 bits per heavy atom. The van der Waals surface area contributed by atoms with E-state index in [1.807, 2.05) is 6.92 Å². The van der Waals surface area contributed by atoms with E-state index >= 15 is 0 Å². The summed E-state index contributed by atoms with van der Waals surface area (Å²) in [4.78, 5) is 11.2. The van der Waals surface area contributed by atoms with E-state index in [0.29, 0.717) is 5.92 Å². The molecule has 140 valence electrons. The minimum absolute atomic E-state index is 0.369. The van der Waals surface area contributed by atoms with Crippen LogP contribution in [0.4, 0.5) is 0 Å². The second-order valence-electron chi connectivity index (χ2n) is 8.86. The van der Waals surface area contributed by atoms with Crippen LogP contribution in [0.2, 0.25) is 0 Å². The number of hydrogen-bond donors (Lipinski definition) is 1. The van der Waals surface area contributed by atoms with Crippen molar-refractivity contribution in [2.24, 2.45) is 11.1 Å². The zero-order valence-corrected chi connectivity index (χ0v) is 15.9. The molecule has 2 aliphatic carbocycles. The maximum absolute atomic E-state index is 11.5. The van der Waals surface area contributed by atoms with E-state index in [0.717, 1.165) is 51.4 Å². The molecule has 0 radical (unpaired) electrons. The summed E-state index contributed by atoms with van der Waals surface area (Å²) in [6.07, 6.45) is 19.6. The van der Waals surface area contributed by atoms with Crippen molar-refractivity contribution in [1.82, 2.24) is 0 Å². The van der Waals surface area contributed by atoms with Crippen molar-refractivity contribution >= 4 is 0 Å². The molecule has 0 heterocycles. The molecule has 0 aromatic carbocycles. The first-order chi connectivity index (χ1) is 11.6. The number of hydrogen-bond acceptors (Lipinski definition) is 3. The summed E-state index contributed by atoms with van der Waals surface area (Å²) in [7, 11) is 0. The fourth-order valence-electron chi connectivity index (χ4n) is 4.97. The topological polar surface area (TPSA) is 49.7 Å². The molecule has 2 aliphatic rings. The summed E-state index contributed by atoms with van der Waals surface area (Å²) in [5, 5.41) is 14.9. The van der Waals surface area contributed by atoms with Crippen LogP contribution in [0, 0.1) is 10.8 Å². The molecule has 0 spiro atoms. The molecule has 24 heavy (non-hydrogen) atoms. The van der Waals surface area contributed by atoms with E-state index in [1.54, 1.807) is 0 Å². The van der Waals surface area contributed by atoms with Crippen LogP contribution in [0.15, 0.2) is 5.18 Å². The highest BCUT2D eigenvalue weighted by Crippen LogP contribution is 2.39. The van der Waals surface area contributed by atoms with Gasteiger partial charge in [-0.15, -0.1) is 0 Å². The summed E-state index contributed by atoms with van der Waals surface area (Å²) in [6.45, 7) is 2.01. The Morgan fingerprint density at radius 1 is 0.708 bits per heavy atom. The quantitative estimate of drug-likeness (QED) is 0.583. The van der Waals surface area contributed by atoms with E-state index in [9.17, 15) is 10.0 Å². The van der Waals surface area contributed by atoms with Crippen LogP contribution < -0.4 is 0 Å². The van der Waals surface area contributed by atoms with Crippen LogP contribution in [0.3, 0.4) is 0 Å². The fourth-order valence-corrected chi connectivity index (χ4v) is 4.97. The molecule has 0 aliphatic heterocycles. The lowest BCUT2D eigenvalue weighted by Crippen LogP contribution is -2.39. The molecule has 0 saturated heterocycles. The molecule has 2 saturated carbocycles. The predicted octanol–water partition coefficient (Wildman–Crippen LogP) is 6.52. The van der Waals surface area contributed by atoms with E-state index in [1.165, 1.54) is 57.8 Å². The van der Waals surface area contributed by atoms with E-state index < -0.39 is 5.60 Å². The third-order valence-electron chi connectivity index (χ3n) is 6.74. The first-order valence-electron chi connectivity index (χ1n) is 10.6. The molecule has 0 amide bonds. The summed E-state index contributed by atoms with van der Waals surface area (Å²) >= 11 is 0. The van der Waals surface area contributed by atoms with Gasteiger partial charge < -0.3 is 5.11 Å². The Bertz CT molecular complexity index is 347. The Hall–Kier alpha value is -0.440. The third kappa shape index (κ3) is 6.13. The van der Waals surface area contributed by atoms with Crippen molar-refractivity contribution in [3.05, 3.63) is 4.91 Å². The highest BCUT2D eigenvalue weighted by molar-refractivity contribution is 4.90. The van der Waals surface area contributed by atoms with Gasteiger partial charge in [-0.1, -0.05) is 75.8 Å². The van der Waals surface area contributed by atoms with Gasteiger partial charge >= 0.3 is 0 Å². The summed E-state index contributed by atoms with van der Waals surface area (Å²) in [5.41, 5.74) is -0.826. The standard InChI is InChI=1S/C21H39NO2/c1-20(22-24)15-9-11-17-21(23,18-12-10-16-20)19-13-7-5-3-2-4-6-8-14-19/h19,23H,2-18H2,1H3. The van der Waals surface area contributed by atoms with Gasteiger partial charge in [-0.05, 0) is 51.4 Å². The molecule has 0 aromatic rings. The number of aliphatic hydroxyl groups is 1. The van der Waals surface area contributed by atoms with Crippen LogP contribution in [0.5, 0.6) is 0 Å². The van der Waals surface area contributed by atoms with Crippen LogP contribution in [-0.4, -0.2) is 16.2 Å². The highest BCUT2D eigenvalue weighted by atomic mass is 16.3. The van der Waals surface area contributed by atoms with E-state index in [2.05, 4.69) is 5.18 Å². The fraction of sp³-hybridized carbons (Fsp3) is 1.00. The van der Waals surface area contributed by atoms with Crippen molar-refractivity contribution in [1.29, 1.82) is 0 Å². The van der Waals surface area contributed by atoms with E-state index in [4.69, 9.17) is 0 Å². The number of nitroso groups, excluding NO2 is 1. The minimum atomic E-state index is -0.457. The predicted molar refractivity (Wildman–Crippen MR) is 101 cm³/mol. The summed E-state index contributed by atoms with van der Waals surface area (Å²) in [5.74, 6) is 0.491. The van der Waals surface area contributed by atoms with Crippen molar-refractivity contribution in [2.75, 3.05) is 0 Å². The molecule has 3 heteroatoms. The highest BCUT2D eigenvalue weighted by Gasteiger charge is 2.36. The molecule has 0 unspecified atom stereocenters. The lowest BCUT2D eigenvalue weighted by atomic mass is 9.72. The SMILES string of the molecule is CC1(N=O)CCCCC(O)(C2CCCCCCCCC2)CCCC1. The largest absolute Gasteiger partial charge is 0.390 e. The molecule has 3 nitrogen and oxygen atoms in total. The first-order valence-corrected chi connectivity index (χ1v) is 10.6. The maximum Gasteiger partial charge on any atom is 0.0998 e. The summed E-state index contributed by atoms with van der Waals surface area (Å²) in [6, 6.07) is 0. The van der Waals surface area contributed by atoms with Crippen LogP contribution in [-0.2, 0) is 0 Å². The zero-order valence-electron chi connectivity index (χ0n) is 15.9. The lowest BCUT2D eigenvalue weighted by Gasteiger charge is -2.38. The van der Waals surface area contributed by atoms with Crippen molar-refractivity contribution in [3.63, 3.8) is 0 Å². The Kier molecular flexibility index (Phi) is 8.19. The smallest absolute Gasteiger partial charge is 0.0998 e. The number of nitrogens with zero attached hydrogens (tertiary/aromatic N) is 1. The molecule has 2 rings (SSSR count). The monoisotopic (exact) mass is 337 g/mol. The van der Waals surface area contributed by atoms with Crippen LogP contribution in [0.25, 0.3) is 0 Å². The first kappa shape index (κ1) is 19.9. The molecule has 0 bridgehead atoms. The minimum Gasteiger partial charge on any atom is -0.390 e. The molecule has 0 aromatic heterocycles. The normalized spacial score (nSPS) is 35.9. The second kappa shape index (κ2) is 9.89. The van der Waals surface area contributed by atoms with E-state index in [-0.39, 0.29) is 5.54 Å². The molecular weight excluding hydrogens is 298 g/mol. The maximum atomic E-state index is 11.5. The van der Waals surface area contributed by atoms with Gasteiger partial charge in [-0.2, -0.15) is 4.91 Å². The number of rotatable bonds is 2. The van der Waals surface area contributed by atoms with Gasteiger partial charge in [0, 0.05) is 0 Å². The Labute approximate surface area is 149 Å². The Morgan fingerprint density at radius 2 is 1.12 bits per heavy atom. The average molecular weight is 338 g/mol. The lowest BCUT2D eigenvalue weighted by molar-refractivity contribution is -0.0473. The van der Waals surface area contributed by atoms with Crippen molar-refractivity contribution < 1.29 is 5.11 Å². The van der Waals surface area contributed by atoms with Gasteiger partial charge in [0.15, 0.2) is 0 Å². The third-order valence-corrected chi connectivity index (χ3v) is 6.74. The molecular formula is C21H39NO2. The van der Waals surface area contributed by atoms with Crippen LogP contribution >= 0.6 is 0 Å². The zero-order chi connectivity index (χ0) is 17.3. The van der Waals surface area contributed by atoms with Gasteiger partial charge in [0.25, 0.3) is 0 Å². The van der Waals surface area contributed by atoms with Gasteiger partial charge in [0.05, 0.1) is 11.1 Å². The van der Waals surface area contributed by atoms with Gasteiger partial charge in [0.1, 0.15) is 0 Å². The Balaban J connectivity index is 1.96. The van der Waals surface area contributed by atoms with Crippen molar-refractivity contribution in [3.8, 4) is 0 Å². The second-order valence-corrected chi connectivity index (χ2v) is 8.86. The molecule has 1 N–H and O–H groups in total. The van der Waals surface area contributed by atoms with Gasteiger partial charge in [-0.25, -0.2) is 0 Å².